The molecule has 1 fully saturated rings. The number of Topliss-reactive ketones (excluding diaryl/α,β-unsaturated/α-hetero) is 1. The predicted octanol–water partition coefficient (Wildman–Crippen LogP) is 4.97. The zero-order valence-electron chi connectivity index (χ0n) is 15.4. The summed E-state index contributed by atoms with van der Waals surface area (Å²) in [4.78, 5) is 11.7. The predicted molar refractivity (Wildman–Crippen MR) is 104 cm³/mol. The second-order valence-electron chi connectivity index (χ2n) is 8.08. The first-order valence-electron chi connectivity index (χ1n) is 9.00. The van der Waals surface area contributed by atoms with Crippen LogP contribution in [0.25, 0.3) is 0 Å². The van der Waals surface area contributed by atoms with Crippen LogP contribution >= 0.6 is 0 Å². The zero-order chi connectivity index (χ0) is 17.1. The lowest BCUT2D eigenvalue weighted by Crippen LogP contribution is -2.46. The summed E-state index contributed by atoms with van der Waals surface area (Å²) in [7, 11) is -3.13. The molecule has 0 saturated carbocycles. The van der Waals surface area contributed by atoms with E-state index in [-0.39, 0.29) is 5.78 Å². The van der Waals surface area contributed by atoms with Gasteiger partial charge in [0.05, 0.1) is 8.07 Å². The van der Waals surface area contributed by atoms with Crippen molar-refractivity contribution < 1.29 is 9.22 Å². The highest BCUT2D eigenvalue weighted by Crippen LogP contribution is 2.36. The van der Waals surface area contributed by atoms with Gasteiger partial charge in [0.25, 0.3) is 0 Å². The molecule has 0 bridgehead atoms. The van der Waals surface area contributed by atoms with E-state index in [4.69, 9.17) is 4.43 Å². The van der Waals surface area contributed by atoms with Crippen molar-refractivity contribution in [2.24, 2.45) is 0 Å². The first kappa shape index (κ1) is 18.6. The van der Waals surface area contributed by atoms with Crippen LogP contribution in [0.1, 0.15) is 43.5 Å². The largest absolute Gasteiger partial charge is 0.417 e. The lowest BCUT2D eigenvalue weighted by atomic mass is 10.2. The lowest BCUT2D eigenvalue weighted by molar-refractivity contribution is 0.101. The Kier molecular flexibility index (Phi) is 6.03. The van der Waals surface area contributed by atoms with Crippen LogP contribution in [0.15, 0.2) is 24.3 Å². The Morgan fingerprint density at radius 1 is 1.35 bits per heavy atom. The molecule has 23 heavy (non-hydrogen) atoms. The minimum atomic E-state index is -1.60. The lowest BCUT2D eigenvalue weighted by Gasteiger charge is -2.34. The van der Waals surface area contributed by atoms with Crippen LogP contribution < -0.4 is 5.19 Å². The average Bonchev–Trinajstić information content (AvgIpc) is 2.68. The molecule has 0 amide bonds. The molecule has 0 aliphatic carbocycles. The van der Waals surface area contributed by atoms with E-state index in [9.17, 15) is 4.79 Å². The van der Waals surface area contributed by atoms with Gasteiger partial charge in [0.2, 0.25) is 0 Å². The van der Waals surface area contributed by atoms with Crippen molar-refractivity contribution in [1.29, 1.82) is 0 Å². The summed E-state index contributed by atoms with van der Waals surface area (Å²) in [6.07, 6.45) is 3.89. The first-order chi connectivity index (χ1) is 10.7. The highest BCUT2D eigenvalue weighted by Gasteiger charge is 2.39. The molecule has 1 aromatic carbocycles. The van der Waals surface area contributed by atoms with Gasteiger partial charge in [0, 0.05) is 12.2 Å². The van der Waals surface area contributed by atoms with E-state index in [0.29, 0.717) is 0 Å². The topological polar surface area (TPSA) is 26.3 Å². The van der Waals surface area contributed by atoms with E-state index in [2.05, 4.69) is 38.7 Å². The molecular formula is C19H32O2Si2. The summed E-state index contributed by atoms with van der Waals surface area (Å²) >= 11 is 0. The molecule has 1 heterocycles. The second-order valence-corrected chi connectivity index (χ2v) is 17.3. The molecule has 1 aliphatic heterocycles. The number of benzene rings is 1. The number of carbonyl (C=O) groups is 1. The molecule has 2 rings (SSSR count). The molecule has 1 aromatic rings. The summed E-state index contributed by atoms with van der Waals surface area (Å²) < 4.78 is 6.40. The highest BCUT2D eigenvalue weighted by molar-refractivity contribution is 6.91. The summed E-state index contributed by atoms with van der Waals surface area (Å²) in [5.74, 6) is 0.165. The molecule has 128 valence electrons. The number of hydrogen-bond acceptors (Lipinski definition) is 2. The zero-order valence-corrected chi connectivity index (χ0v) is 17.4. The molecule has 0 N–H and O–H groups in total. The highest BCUT2D eigenvalue weighted by atomic mass is 28.4. The third-order valence-corrected chi connectivity index (χ3v) is 14.2. The van der Waals surface area contributed by atoms with E-state index < -0.39 is 16.4 Å². The maximum atomic E-state index is 11.7. The van der Waals surface area contributed by atoms with Gasteiger partial charge >= 0.3 is 0 Å². The molecule has 2 nitrogen and oxygen atoms in total. The van der Waals surface area contributed by atoms with Gasteiger partial charge in [-0.05, 0) is 31.5 Å². The van der Waals surface area contributed by atoms with E-state index in [0.717, 1.165) is 17.7 Å². The molecule has 1 aliphatic rings. The van der Waals surface area contributed by atoms with Crippen molar-refractivity contribution in [2.75, 3.05) is 6.61 Å². The smallest absolute Gasteiger partial charge is 0.192 e. The minimum absolute atomic E-state index is 0.165. The van der Waals surface area contributed by atoms with Crippen LogP contribution in [0.2, 0.25) is 37.3 Å². The maximum absolute atomic E-state index is 11.7. The Morgan fingerprint density at radius 2 is 2.09 bits per heavy atom. The fourth-order valence-electron chi connectivity index (χ4n) is 3.49. The normalized spacial score (nSPS) is 25.9. The van der Waals surface area contributed by atoms with Crippen molar-refractivity contribution >= 4 is 27.4 Å². The monoisotopic (exact) mass is 348 g/mol. The van der Waals surface area contributed by atoms with Crippen LogP contribution in [-0.4, -0.2) is 28.8 Å². The quantitative estimate of drug-likeness (QED) is 0.554. The van der Waals surface area contributed by atoms with Crippen molar-refractivity contribution in [3.8, 4) is 0 Å². The SMILES string of the molecule is CC(=O)c1cccc([Si](C)(C)CC[Si]2(C)OCCCCC2C)c1. The minimum Gasteiger partial charge on any atom is -0.417 e. The van der Waals surface area contributed by atoms with Gasteiger partial charge in [0.1, 0.15) is 0 Å². The Hall–Kier alpha value is -0.716. The molecule has 4 heteroatoms. The van der Waals surface area contributed by atoms with Crippen molar-refractivity contribution in [3.05, 3.63) is 29.8 Å². The van der Waals surface area contributed by atoms with Crippen LogP contribution in [-0.2, 0) is 4.43 Å². The summed E-state index contributed by atoms with van der Waals surface area (Å²) in [6.45, 7) is 12.3. The van der Waals surface area contributed by atoms with Gasteiger partial charge in [-0.15, -0.1) is 0 Å². The number of rotatable bonds is 5. The number of carbonyl (C=O) groups excluding carboxylic acids is 1. The van der Waals surface area contributed by atoms with Crippen LogP contribution in [0.5, 0.6) is 0 Å². The molecule has 1 saturated heterocycles. The summed E-state index contributed by atoms with van der Waals surface area (Å²) in [5.41, 5.74) is 1.61. The van der Waals surface area contributed by atoms with E-state index in [1.54, 1.807) is 6.92 Å². The van der Waals surface area contributed by atoms with E-state index in [1.165, 1.54) is 36.5 Å². The van der Waals surface area contributed by atoms with Crippen LogP contribution in [0.4, 0.5) is 0 Å². The van der Waals surface area contributed by atoms with Gasteiger partial charge in [-0.1, -0.05) is 68.4 Å². The van der Waals surface area contributed by atoms with Gasteiger partial charge in [-0.25, -0.2) is 0 Å². The fourth-order valence-corrected chi connectivity index (χ4v) is 11.7. The van der Waals surface area contributed by atoms with Gasteiger partial charge in [-0.2, -0.15) is 0 Å². The fraction of sp³-hybridized carbons (Fsp3) is 0.632. The van der Waals surface area contributed by atoms with Crippen molar-refractivity contribution in [3.63, 3.8) is 0 Å². The third-order valence-electron chi connectivity index (χ3n) is 5.80. The Labute approximate surface area is 143 Å². The molecule has 0 spiro atoms. The van der Waals surface area contributed by atoms with Crippen LogP contribution in [0.3, 0.4) is 0 Å². The molecule has 0 aromatic heterocycles. The third kappa shape index (κ3) is 4.64. The van der Waals surface area contributed by atoms with Gasteiger partial charge < -0.3 is 4.43 Å². The number of hydrogen-bond donors (Lipinski definition) is 0. The molecular weight excluding hydrogens is 316 g/mol. The van der Waals surface area contributed by atoms with Crippen LogP contribution in [0, 0.1) is 0 Å². The summed E-state index contributed by atoms with van der Waals surface area (Å²) in [5, 5.41) is 1.41. The van der Waals surface area contributed by atoms with Gasteiger partial charge in [0.15, 0.2) is 14.1 Å². The van der Waals surface area contributed by atoms with E-state index in [1.807, 2.05) is 12.1 Å². The van der Waals surface area contributed by atoms with E-state index >= 15 is 0 Å². The first-order valence-corrected chi connectivity index (χ1v) is 14.9. The molecule has 2 atom stereocenters. The standard InChI is InChI=1S/C19H32O2Si2/c1-16-9-6-7-12-21-23(16,5)14-13-22(3,4)19-11-8-10-18(15-19)17(2)20/h8,10-11,15-16H,6-7,9,12-14H2,1-5H3. The second kappa shape index (κ2) is 7.45. The molecule has 0 radical (unpaired) electrons. The Bertz CT molecular complexity index is 556. The average molecular weight is 349 g/mol. The Balaban J connectivity index is 2.11. The van der Waals surface area contributed by atoms with Crippen molar-refractivity contribution in [1.82, 2.24) is 0 Å². The van der Waals surface area contributed by atoms with Crippen molar-refractivity contribution in [2.45, 2.75) is 70.4 Å². The number of ketones is 1. The maximum Gasteiger partial charge on any atom is 0.192 e. The summed E-state index contributed by atoms with van der Waals surface area (Å²) in [6, 6.07) is 10.9. The molecule has 2 unspecified atom stereocenters. The van der Waals surface area contributed by atoms with Gasteiger partial charge in [-0.3, -0.25) is 4.79 Å². The Morgan fingerprint density at radius 3 is 2.78 bits per heavy atom.